The summed E-state index contributed by atoms with van der Waals surface area (Å²) in [5, 5.41) is 7.21. The quantitative estimate of drug-likeness (QED) is 0.639. The Bertz CT molecular complexity index is 855. The Labute approximate surface area is 167 Å². The molecule has 0 aliphatic carbocycles. The van der Waals surface area contributed by atoms with Gasteiger partial charge in [0, 0.05) is 12.5 Å². The summed E-state index contributed by atoms with van der Waals surface area (Å²) < 4.78 is 11.2. The van der Waals surface area contributed by atoms with Crippen molar-refractivity contribution in [2.75, 3.05) is 19.8 Å². The average molecular weight is 404 g/mol. The number of nitrogens with zero attached hydrogens (tertiary/aromatic N) is 1. The van der Waals surface area contributed by atoms with Crippen molar-refractivity contribution < 1.29 is 28.7 Å². The van der Waals surface area contributed by atoms with Gasteiger partial charge in [0.05, 0.1) is 13.2 Å². The Kier molecular flexibility index (Phi) is 5.62. The zero-order chi connectivity index (χ0) is 21.2. The van der Waals surface area contributed by atoms with Gasteiger partial charge in [0.15, 0.2) is 11.5 Å². The number of urea groups is 2. The molecule has 0 spiro atoms. The number of imide groups is 2. The van der Waals surface area contributed by atoms with E-state index in [1.165, 1.54) is 0 Å². The topological polar surface area (TPSA) is 126 Å². The molecular formula is C19H24N4O6. The number of nitrogens with one attached hydrogen (secondary N) is 3. The van der Waals surface area contributed by atoms with Gasteiger partial charge in [-0.2, -0.15) is 0 Å². The number of carbonyl (C=O) groups excluding carboxylic acids is 4. The van der Waals surface area contributed by atoms with Crippen LogP contribution in [0.25, 0.3) is 0 Å². The summed E-state index contributed by atoms with van der Waals surface area (Å²) in [5.41, 5.74) is -0.872. The van der Waals surface area contributed by atoms with Gasteiger partial charge in [-0.1, -0.05) is 6.07 Å². The van der Waals surface area contributed by atoms with Gasteiger partial charge < -0.3 is 20.1 Å². The van der Waals surface area contributed by atoms with Crippen LogP contribution in [0.2, 0.25) is 0 Å². The maximum atomic E-state index is 13.0. The Morgan fingerprint density at radius 1 is 1.21 bits per heavy atom. The molecule has 6 amide bonds. The van der Waals surface area contributed by atoms with Crippen molar-refractivity contribution in [3.8, 4) is 11.5 Å². The molecule has 1 aromatic carbocycles. The number of benzene rings is 1. The molecule has 10 heteroatoms. The zero-order valence-corrected chi connectivity index (χ0v) is 16.5. The van der Waals surface area contributed by atoms with E-state index in [0.717, 1.165) is 11.3 Å². The molecule has 0 aromatic heterocycles. The number of hydrogen-bond acceptors (Lipinski definition) is 6. The molecule has 2 aliphatic rings. The predicted octanol–water partition coefficient (Wildman–Crippen LogP) is 0.849. The lowest BCUT2D eigenvalue weighted by molar-refractivity contribution is -0.134. The van der Waals surface area contributed by atoms with Gasteiger partial charge in [0.2, 0.25) is 5.91 Å². The molecule has 3 N–H and O–H groups in total. The zero-order valence-electron chi connectivity index (χ0n) is 16.5. The first-order chi connectivity index (χ1) is 13.7. The smallest absolute Gasteiger partial charge is 0.325 e. The van der Waals surface area contributed by atoms with E-state index in [9.17, 15) is 19.2 Å². The fourth-order valence-electron chi connectivity index (χ4n) is 3.12. The third-order valence-electron chi connectivity index (χ3n) is 4.57. The third kappa shape index (κ3) is 4.25. The van der Waals surface area contributed by atoms with Gasteiger partial charge in [-0.05, 0) is 38.5 Å². The molecule has 0 unspecified atom stereocenters. The molecule has 1 aromatic rings. The predicted molar refractivity (Wildman–Crippen MR) is 101 cm³/mol. The van der Waals surface area contributed by atoms with Gasteiger partial charge in [0.25, 0.3) is 5.91 Å². The minimum atomic E-state index is -1.37. The maximum absolute atomic E-state index is 13.0. The second kappa shape index (κ2) is 7.98. The van der Waals surface area contributed by atoms with Gasteiger partial charge in [-0.25, -0.2) is 9.59 Å². The van der Waals surface area contributed by atoms with Gasteiger partial charge in [-0.3, -0.25) is 19.8 Å². The number of hydrogen-bond donors (Lipinski definition) is 3. The molecule has 1 saturated heterocycles. The molecule has 156 valence electrons. The highest BCUT2D eigenvalue weighted by atomic mass is 16.5. The summed E-state index contributed by atoms with van der Waals surface area (Å²) in [4.78, 5) is 49.8. The molecule has 1 fully saturated rings. The molecule has 29 heavy (non-hydrogen) atoms. The molecule has 1 atom stereocenters. The van der Waals surface area contributed by atoms with Crippen LogP contribution in [0.4, 0.5) is 9.59 Å². The molecular weight excluding hydrogens is 380 g/mol. The van der Waals surface area contributed by atoms with Crippen LogP contribution < -0.4 is 25.4 Å². The summed E-state index contributed by atoms with van der Waals surface area (Å²) in [6, 6.07) is 3.44. The summed E-state index contributed by atoms with van der Waals surface area (Å²) in [5.74, 6) is -0.310. The lowest BCUT2D eigenvalue weighted by Gasteiger charge is -2.23. The molecule has 2 aliphatic heterocycles. The molecule has 10 nitrogen and oxygen atoms in total. The number of carbonyl (C=O) groups is 4. The SMILES string of the molecule is CC(C)NC(=O)NC(=O)CN1C(=O)N[C@@](C)(c2ccc3c(c2)OCCCO3)C1=O. The van der Waals surface area contributed by atoms with Crippen molar-refractivity contribution in [3.63, 3.8) is 0 Å². The summed E-state index contributed by atoms with van der Waals surface area (Å²) >= 11 is 0. The monoisotopic (exact) mass is 404 g/mol. The lowest BCUT2D eigenvalue weighted by atomic mass is 9.91. The van der Waals surface area contributed by atoms with Crippen molar-refractivity contribution >= 4 is 23.9 Å². The van der Waals surface area contributed by atoms with Crippen molar-refractivity contribution in [2.45, 2.75) is 38.8 Å². The molecule has 0 radical (unpaired) electrons. The maximum Gasteiger partial charge on any atom is 0.325 e. The first-order valence-electron chi connectivity index (χ1n) is 9.35. The van der Waals surface area contributed by atoms with Crippen molar-refractivity contribution in [2.24, 2.45) is 0 Å². The minimum Gasteiger partial charge on any atom is -0.490 e. The summed E-state index contributed by atoms with van der Waals surface area (Å²) in [6.45, 7) is 5.47. The Morgan fingerprint density at radius 3 is 2.59 bits per heavy atom. The van der Waals surface area contributed by atoms with E-state index in [0.29, 0.717) is 30.3 Å². The van der Waals surface area contributed by atoms with Crippen LogP contribution >= 0.6 is 0 Å². The molecule has 0 saturated carbocycles. The van der Waals surface area contributed by atoms with E-state index in [4.69, 9.17) is 9.47 Å². The average Bonchev–Trinajstić information content (AvgIpc) is 2.81. The number of fused-ring (bicyclic) bond motifs is 1. The third-order valence-corrected chi connectivity index (χ3v) is 4.57. The minimum absolute atomic E-state index is 0.165. The van der Waals surface area contributed by atoms with Crippen LogP contribution in [0.1, 0.15) is 32.8 Å². The van der Waals surface area contributed by atoms with Crippen molar-refractivity contribution in [1.29, 1.82) is 0 Å². The highest BCUT2D eigenvalue weighted by Crippen LogP contribution is 2.36. The largest absolute Gasteiger partial charge is 0.490 e. The number of ether oxygens (including phenoxy) is 2. The highest BCUT2D eigenvalue weighted by Gasteiger charge is 2.49. The van der Waals surface area contributed by atoms with Crippen LogP contribution in [0, 0.1) is 0 Å². The normalized spacial score (nSPS) is 20.9. The van der Waals surface area contributed by atoms with Gasteiger partial charge in [0.1, 0.15) is 12.1 Å². The van der Waals surface area contributed by atoms with E-state index in [1.807, 2.05) is 0 Å². The Hall–Kier alpha value is -3.30. The second-order valence-electron chi connectivity index (χ2n) is 7.33. The number of rotatable bonds is 4. The van der Waals surface area contributed by atoms with Crippen LogP contribution in [0.5, 0.6) is 11.5 Å². The first-order valence-corrected chi connectivity index (χ1v) is 9.35. The molecule has 0 bridgehead atoms. The molecule has 3 rings (SSSR count). The first kappa shape index (κ1) is 20.4. The van der Waals surface area contributed by atoms with E-state index in [1.54, 1.807) is 39.0 Å². The fraction of sp³-hybridized carbons (Fsp3) is 0.474. The summed E-state index contributed by atoms with van der Waals surface area (Å²) in [6.07, 6.45) is 0.740. The number of amides is 6. The Balaban J connectivity index is 1.74. The Morgan fingerprint density at radius 2 is 1.90 bits per heavy atom. The van der Waals surface area contributed by atoms with E-state index < -0.39 is 36.0 Å². The van der Waals surface area contributed by atoms with E-state index in [-0.39, 0.29) is 6.04 Å². The van der Waals surface area contributed by atoms with Crippen molar-refractivity contribution in [3.05, 3.63) is 23.8 Å². The van der Waals surface area contributed by atoms with Crippen LogP contribution in [0.15, 0.2) is 18.2 Å². The van der Waals surface area contributed by atoms with Crippen LogP contribution in [-0.2, 0) is 15.1 Å². The second-order valence-corrected chi connectivity index (χ2v) is 7.33. The van der Waals surface area contributed by atoms with Crippen LogP contribution in [-0.4, -0.2) is 54.6 Å². The molecule has 2 heterocycles. The van der Waals surface area contributed by atoms with E-state index in [2.05, 4.69) is 16.0 Å². The highest BCUT2D eigenvalue weighted by molar-refractivity contribution is 6.10. The van der Waals surface area contributed by atoms with Gasteiger partial charge in [-0.15, -0.1) is 0 Å². The lowest BCUT2D eigenvalue weighted by Crippen LogP contribution is -2.48. The standard InChI is InChI=1S/C19H24N4O6/c1-11(2)20-17(26)21-15(24)10-23-16(25)19(3,22-18(23)27)12-5-6-13-14(9-12)29-8-4-7-28-13/h5-6,9,11H,4,7-8,10H2,1-3H3,(H,22,27)(H2,20,21,24,26)/t19-/m0/s1. The summed E-state index contributed by atoms with van der Waals surface area (Å²) in [7, 11) is 0. The van der Waals surface area contributed by atoms with Crippen molar-refractivity contribution in [1.82, 2.24) is 20.9 Å². The van der Waals surface area contributed by atoms with E-state index >= 15 is 0 Å². The fourth-order valence-corrected chi connectivity index (χ4v) is 3.12. The van der Waals surface area contributed by atoms with Gasteiger partial charge >= 0.3 is 12.1 Å². The van der Waals surface area contributed by atoms with Crippen LogP contribution in [0.3, 0.4) is 0 Å².